The molecule has 2 aromatic heterocycles. The van der Waals surface area contributed by atoms with Gasteiger partial charge in [-0.15, -0.1) is 0 Å². The standard InChI is InChI=1S/C6H4ClN3O/c7-4-2-1-3-5(9-4)10-6(8)11-3/h1-2H,(H2,8,9,10). The van der Waals surface area contributed by atoms with Crippen molar-refractivity contribution < 1.29 is 4.42 Å². The Morgan fingerprint density at radius 2 is 2.18 bits per heavy atom. The lowest BCUT2D eigenvalue weighted by molar-refractivity contribution is 0.626. The average molecular weight is 170 g/mol. The molecule has 4 nitrogen and oxygen atoms in total. The molecule has 0 atom stereocenters. The van der Waals surface area contributed by atoms with Gasteiger partial charge >= 0.3 is 0 Å². The number of halogens is 1. The largest absolute Gasteiger partial charge is 0.422 e. The van der Waals surface area contributed by atoms with Crippen LogP contribution in [0.3, 0.4) is 0 Å². The first-order valence-electron chi connectivity index (χ1n) is 2.94. The number of rotatable bonds is 0. The fourth-order valence-electron chi connectivity index (χ4n) is 0.812. The van der Waals surface area contributed by atoms with Crippen molar-refractivity contribution in [2.75, 3.05) is 5.73 Å². The summed E-state index contributed by atoms with van der Waals surface area (Å²) in [7, 11) is 0. The Kier molecular flexibility index (Phi) is 1.22. The first kappa shape index (κ1) is 6.42. The van der Waals surface area contributed by atoms with Crippen LogP contribution in [0.15, 0.2) is 16.5 Å². The summed E-state index contributed by atoms with van der Waals surface area (Å²) < 4.78 is 4.97. The maximum Gasteiger partial charge on any atom is 0.294 e. The lowest BCUT2D eigenvalue weighted by Gasteiger charge is -1.84. The van der Waals surface area contributed by atoms with E-state index in [0.717, 1.165) is 0 Å². The fourth-order valence-corrected chi connectivity index (χ4v) is 0.955. The van der Waals surface area contributed by atoms with Gasteiger partial charge in [0.25, 0.3) is 6.01 Å². The first-order chi connectivity index (χ1) is 5.25. The van der Waals surface area contributed by atoms with E-state index in [4.69, 9.17) is 21.8 Å². The van der Waals surface area contributed by atoms with E-state index in [1.54, 1.807) is 12.1 Å². The van der Waals surface area contributed by atoms with Gasteiger partial charge in [-0.2, -0.15) is 4.98 Å². The van der Waals surface area contributed by atoms with E-state index in [1.165, 1.54) is 0 Å². The molecule has 0 aliphatic heterocycles. The van der Waals surface area contributed by atoms with Crippen LogP contribution in [0.4, 0.5) is 6.01 Å². The van der Waals surface area contributed by atoms with Crippen molar-refractivity contribution in [3.05, 3.63) is 17.3 Å². The number of hydrogen-bond donors (Lipinski definition) is 1. The minimum atomic E-state index is 0.106. The summed E-state index contributed by atoms with van der Waals surface area (Å²) in [5, 5.41) is 0.380. The monoisotopic (exact) mass is 169 g/mol. The second-order valence-corrected chi connectivity index (χ2v) is 2.40. The molecular formula is C6H4ClN3O. The van der Waals surface area contributed by atoms with E-state index in [2.05, 4.69) is 9.97 Å². The molecule has 2 N–H and O–H groups in total. The van der Waals surface area contributed by atoms with E-state index >= 15 is 0 Å². The van der Waals surface area contributed by atoms with E-state index in [-0.39, 0.29) is 6.01 Å². The van der Waals surface area contributed by atoms with Crippen LogP contribution in [0.2, 0.25) is 5.15 Å². The van der Waals surface area contributed by atoms with Crippen LogP contribution in [0, 0.1) is 0 Å². The molecule has 0 bridgehead atoms. The molecule has 0 aliphatic rings. The predicted molar refractivity (Wildman–Crippen MR) is 41.2 cm³/mol. The highest BCUT2D eigenvalue weighted by Gasteiger charge is 2.02. The third kappa shape index (κ3) is 1.01. The molecule has 11 heavy (non-hydrogen) atoms. The summed E-state index contributed by atoms with van der Waals surface area (Å²) >= 11 is 5.59. The summed E-state index contributed by atoms with van der Waals surface area (Å²) in [5.74, 6) is 0. The van der Waals surface area contributed by atoms with Crippen molar-refractivity contribution in [1.29, 1.82) is 0 Å². The SMILES string of the molecule is Nc1nc2nc(Cl)ccc2o1. The third-order valence-corrected chi connectivity index (χ3v) is 1.45. The first-order valence-corrected chi connectivity index (χ1v) is 3.32. The maximum absolute atomic E-state index is 5.59. The van der Waals surface area contributed by atoms with Gasteiger partial charge in [0, 0.05) is 0 Å². The summed E-state index contributed by atoms with van der Waals surface area (Å²) in [4.78, 5) is 7.67. The van der Waals surface area contributed by atoms with Crippen LogP contribution >= 0.6 is 11.6 Å². The highest BCUT2D eigenvalue weighted by Crippen LogP contribution is 2.16. The van der Waals surface area contributed by atoms with Gasteiger partial charge in [0.05, 0.1) is 0 Å². The second kappa shape index (κ2) is 2.10. The molecule has 0 aliphatic carbocycles. The van der Waals surface area contributed by atoms with Gasteiger partial charge in [0.2, 0.25) is 5.65 Å². The molecule has 0 unspecified atom stereocenters. The van der Waals surface area contributed by atoms with E-state index < -0.39 is 0 Å². The van der Waals surface area contributed by atoms with Gasteiger partial charge in [0.1, 0.15) is 5.15 Å². The lowest BCUT2D eigenvalue weighted by atomic mass is 10.5. The number of fused-ring (bicyclic) bond motifs is 1. The summed E-state index contributed by atoms with van der Waals surface area (Å²) in [6.45, 7) is 0. The Balaban J connectivity index is 2.82. The van der Waals surface area contributed by atoms with Crippen LogP contribution in [0.5, 0.6) is 0 Å². The number of pyridine rings is 1. The molecule has 5 heteroatoms. The Hall–Kier alpha value is -1.29. The molecule has 0 aromatic carbocycles. The van der Waals surface area contributed by atoms with Crippen LogP contribution in [0.25, 0.3) is 11.2 Å². The molecule has 56 valence electrons. The Morgan fingerprint density at radius 1 is 1.36 bits per heavy atom. The van der Waals surface area contributed by atoms with E-state index in [1.807, 2.05) is 0 Å². The molecule has 0 spiro atoms. The van der Waals surface area contributed by atoms with Gasteiger partial charge in [-0.25, -0.2) is 4.98 Å². The minimum absolute atomic E-state index is 0.106. The number of anilines is 1. The molecule has 0 saturated heterocycles. The number of nitrogens with zero attached hydrogens (tertiary/aromatic N) is 2. The van der Waals surface area contributed by atoms with Crippen LogP contribution in [-0.2, 0) is 0 Å². The zero-order valence-corrected chi connectivity index (χ0v) is 6.17. The molecule has 0 fully saturated rings. The fraction of sp³-hybridized carbons (Fsp3) is 0. The number of hydrogen-bond acceptors (Lipinski definition) is 4. The second-order valence-electron chi connectivity index (χ2n) is 2.01. The summed E-state index contributed by atoms with van der Waals surface area (Å²) in [5.41, 5.74) is 6.27. The van der Waals surface area contributed by atoms with Crippen molar-refractivity contribution in [2.45, 2.75) is 0 Å². The van der Waals surface area contributed by atoms with Crippen molar-refractivity contribution in [3.63, 3.8) is 0 Å². The summed E-state index contributed by atoms with van der Waals surface area (Å²) in [6.07, 6.45) is 0. The van der Waals surface area contributed by atoms with Crippen molar-refractivity contribution in [3.8, 4) is 0 Å². The highest BCUT2D eigenvalue weighted by molar-refractivity contribution is 6.29. The Morgan fingerprint density at radius 3 is 3.00 bits per heavy atom. The van der Waals surface area contributed by atoms with Gasteiger partial charge in [-0.3, -0.25) is 0 Å². The zero-order valence-electron chi connectivity index (χ0n) is 5.41. The molecular weight excluding hydrogens is 166 g/mol. The molecule has 0 saturated carbocycles. The van der Waals surface area contributed by atoms with Gasteiger partial charge in [0.15, 0.2) is 5.58 Å². The Bertz CT molecular complexity index is 398. The molecule has 0 radical (unpaired) electrons. The van der Waals surface area contributed by atoms with Gasteiger partial charge in [-0.05, 0) is 12.1 Å². The van der Waals surface area contributed by atoms with Crippen molar-refractivity contribution in [1.82, 2.24) is 9.97 Å². The van der Waals surface area contributed by atoms with Crippen LogP contribution < -0.4 is 5.73 Å². The number of nitrogens with two attached hydrogens (primary N) is 1. The third-order valence-electron chi connectivity index (χ3n) is 1.24. The highest BCUT2D eigenvalue weighted by atomic mass is 35.5. The average Bonchev–Trinajstić information content (AvgIpc) is 2.27. The number of nitrogen functional groups attached to an aromatic ring is 1. The van der Waals surface area contributed by atoms with Crippen molar-refractivity contribution >= 4 is 28.8 Å². The topological polar surface area (TPSA) is 64.9 Å². The number of aromatic nitrogens is 2. The van der Waals surface area contributed by atoms with E-state index in [9.17, 15) is 0 Å². The smallest absolute Gasteiger partial charge is 0.294 e. The molecule has 0 amide bonds. The molecule has 2 rings (SSSR count). The lowest BCUT2D eigenvalue weighted by Crippen LogP contribution is -1.81. The van der Waals surface area contributed by atoms with Crippen LogP contribution in [-0.4, -0.2) is 9.97 Å². The molecule has 2 heterocycles. The van der Waals surface area contributed by atoms with Crippen LogP contribution in [0.1, 0.15) is 0 Å². The van der Waals surface area contributed by atoms with Gasteiger partial charge in [-0.1, -0.05) is 11.6 Å². The quantitative estimate of drug-likeness (QED) is 0.607. The number of oxazole rings is 1. The summed E-state index contributed by atoms with van der Waals surface area (Å²) in [6, 6.07) is 3.40. The van der Waals surface area contributed by atoms with Crippen molar-refractivity contribution in [2.24, 2.45) is 0 Å². The zero-order chi connectivity index (χ0) is 7.84. The molecule has 2 aromatic rings. The maximum atomic E-state index is 5.59. The van der Waals surface area contributed by atoms with Gasteiger partial charge < -0.3 is 10.2 Å². The minimum Gasteiger partial charge on any atom is -0.422 e. The Labute approximate surface area is 67.0 Å². The van der Waals surface area contributed by atoms with E-state index in [0.29, 0.717) is 16.4 Å². The normalized spacial score (nSPS) is 10.6. The predicted octanol–water partition coefficient (Wildman–Crippen LogP) is 1.46.